The van der Waals surface area contributed by atoms with Gasteiger partial charge in [-0.05, 0) is 62.4 Å². The average molecular weight is 462 g/mol. The van der Waals surface area contributed by atoms with Gasteiger partial charge >= 0.3 is 6.03 Å². The molecule has 0 fully saturated rings. The number of hydrogen-bond donors (Lipinski definition) is 1. The molecule has 0 saturated heterocycles. The first kappa shape index (κ1) is 25.1. The van der Waals surface area contributed by atoms with Crippen molar-refractivity contribution in [2.75, 3.05) is 18.4 Å². The summed E-state index contributed by atoms with van der Waals surface area (Å²) in [5.41, 5.74) is 3.94. The van der Waals surface area contributed by atoms with Crippen molar-refractivity contribution in [3.63, 3.8) is 0 Å². The summed E-state index contributed by atoms with van der Waals surface area (Å²) in [7, 11) is 0. The molecule has 180 valence electrons. The monoisotopic (exact) mass is 461 g/mol. The summed E-state index contributed by atoms with van der Waals surface area (Å²) in [5, 5.41) is 3.04. The fourth-order valence-electron chi connectivity index (χ4n) is 3.88. The molecule has 0 saturated carbocycles. The Hall–Kier alpha value is -3.54. The van der Waals surface area contributed by atoms with Crippen molar-refractivity contribution in [2.45, 2.75) is 53.1 Å². The van der Waals surface area contributed by atoms with E-state index in [0.717, 1.165) is 41.0 Å². The number of benzene rings is 2. The van der Waals surface area contributed by atoms with E-state index in [1.54, 1.807) is 16.1 Å². The Morgan fingerprint density at radius 2 is 1.68 bits per heavy atom. The molecule has 0 spiro atoms. The molecule has 6 heteroatoms. The first-order chi connectivity index (χ1) is 16.4. The fourth-order valence-corrected chi connectivity index (χ4v) is 3.88. The summed E-state index contributed by atoms with van der Waals surface area (Å²) in [6.07, 6.45) is 3.08. The molecular weight excluding hydrogens is 426 g/mol. The number of carbonyl (C=O) groups excluding carboxylic acids is 2. The van der Waals surface area contributed by atoms with E-state index in [2.05, 4.69) is 17.4 Å². The molecule has 0 aliphatic heterocycles. The zero-order valence-electron chi connectivity index (χ0n) is 20.6. The lowest BCUT2D eigenvalue weighted by Crippen LogP contribution is -2.48. The Balaban J connectivity index is 1.76. The summed E-state index contributed by atoms with van der Waals surface area (Å²) >= 11 is 0. The van der Waals surface area contributed by atoms with Crippen LogP contribution in [0, 0.1) is 13.8 Å². The van der Waals surface area contributed by atoms with Gasteiger partial charge in [-0.2, -0.15) is 0 Å². The van der Waals surface area contributed by atoms with Gasteiger partial charge in [0.1, 0.15) is 12.3 Å². The first-order valence-corrected chi connectivity index (χ1v) is 11.9. The number of rotatable bonds is 10. The first-order valence-electron chi connectivity index (χ1n) is 11.9. The molecule has 3 rings (SSSR count). The highest BCUT2D eigenvalue weighted by atomic mass is 16.3. The number of nitrogens with one attached hydrogen (secondary N) is 1. The van der Waals surface area contributed by atoms with Gasteiger partial charge in [-0.3, -0.25) is 4.79 Å². The van der Waals surface area contributed by atoms with Gasteiger partial charge < -0.3 is 19.5 Å². The minimum absolute atomic E-state index is 0.00126. The number of aryl methyl sites for hydroxylation is 2. The van der Waals surface area contributed by atoms with Gasteiger partial charge in [0.05, 0.1) is 12.8 Å². The number of furan rings is 1. The molecule has 1 heterocycles. The summed E-state index contributed by atoms with van der Waals surface area (Å²) in [6.45, 7) is 8.83. The lowest BCUT2D eigenvalue weighted by Gasteiger charge is -2.31. The molecule has 0 aliphatic rings. The van der Waals surface area contributed by atoms with Gasteiger partial charge in [0.25, 0.3) is 0 Å². The van der Waals surface area contributed by atoms with Crippen molar-refractivity contribution in [3.8, 4) is 0 Å². The quantitative estimate of drug-likeness (QED) is 0.415. The van der Waals surface area contributed by atoms with Crippen LogP contribution >= 0.6 is 0 Å². The largest absolute Gasteiger partial charge is 0.467 e. The molecule has 0 aliphatic carbocycles. The lowest BCUT2D eigenvalue weighted by atomic mass is 10.1. The van der Waals surface area contributed by atoms with E-state index in [-0.39, 0.29) is 24.5 Å². The number of para-hydroxylation sites is 1. The molecule has 34 heavy (non-hydrogen) atoms. The molecule has 1 atom stereocenters. The molecule has 2 aromatic carbocycles. The second-order valence-electron chi connectivity index (χ2n) is 8.71. The van der Waals surface area contributed by atoms with Crippen LogP contribution in [0.15, 0.2) is 71.3 Å². The molecule has 3 aromatic rings. The maximum atomic E-state index is 13.5. The second-order valence-corrected chi connectivity index (χ2v) is 8.71. The number of urea groups is 1. The van der Waals surface area contributed by atoms with Crippen LogP contribution in [0.3, 0.4) is 0 Å². The number of carbonyl (C=O) groups is 2. The predicted octanol–water partition coefficient (Wildman–Crippen LogP) is 5.80. The van der Waals surface area contributed by atoms with Gasteiger partial charge in [-0.15, -0.1) is 0 Å². The SMILES string of the molecule is CC[C@H](C)N(CC(=O)N(CCc1ccccc1)Cc1ccco1)C(=O)Nc1c(C)cccc1C. The zero-order valence-corrected chi connectivity index (χ0v) is 20.6. The Labute approximate surface area is 202 Å². The van der Waals surface area contributed by atoms with E-state index in [9.17, 15) is 9.59 Å². The molecular formula is C28H35N3O3. The summed E-state index contributed by atoms with van der Waals surface area (Å²) in [5.74, 6) is 0.612. The minimum atomic E-state index is -0.263. The van der Waals surface area contributed by atoms with Crippen molar-refractivity contribution in [2.24, 2.45) is 0 Å². The summed E-state index contributed by atoms with van der Waals surface area (Å²) in [4.78, 5) is 30.2. The van der Waals surface area contributed by atoms with Gasteiger partial charge in [-0.25, -0.2) is 4.79 Å². The van der Waals surface area contributed by atoms with E-state index < -0.39 is 0 Å². The van der Waals surface area contributed by atoms with Crippen LogP contribution in [0.2, 0.25) is 0 Å². The Kier molecular flexibility index (Phi) is 8.91. The van der Waals surface area contributed by atoms with Crippen LogP contribution in [0.1, 0.15) is 42.7 Å². The van der Waals surface area contributed by atoms with E-state index in [1.807, 2.05) is 76.2 Å². The molecule has 0 radical (unpaired) electrons. The smallest absolute Gasteiger partial charge is 0.322 e. The molecule has 0 bridgehead atoms. The summed E-state index contributed by atoms with van der Waals surface area (Å²) < 4.78 is 5.51. The number of amides is 3. The standard InChI is InChI=1S/C28H35N3O3/c1-5-23(4)31(28(33)29-27-21(2)11-9-12-22(27)3)20-26(32)30(19-25-15-10-18-34-25)17-16-24-13-7-6-8-14-24/h6-15,18,23H,5,16-17,19-20H2,1-4H3,(H,29,33)/t23-/m0/s1. The topological polar surface area (TPSA) is 65.8 Å². The van der Waals surface area contributed by atoms with Gasteiger partial charge in [0.15, 0.2) is 0 Å². The van der Waals surface area contributed by atoms with Gasteiger partial charge in [0, 0.05) is 18.3 Å². The molecule has 1 N–H and O–H groups in total. The third-order valence-corrected chi connectivity index (χ3v) is 6.20. The van der Waals surface area contributed by atoms with Crippen LogP contribution in [0.4, 0.5) is 10.5 Å². The molecule has 3 amide bonds. The normalized spacial score (nSPS) is 11.6. The Bertz CT molecular complexity index is 1040. The van der Waals surface area contributed by atoms with Crippen LogP contribution < -0.4 is 5.32 Å². The highest BCUT2D eigenvalue weighted by Crippen LogP contribution is 2.21. The van der Waals surface area contributed by atoms with Crippen LogP contribution in [-0.4, -0.2) is 40.9 Å². The highest BCUT2D eigenvalue weighted by Gasteiger charge is 2.26. The zero-order chi connectivity index (χ0) is 24.5. The average Bonchev–Trinajstić information content (AvgIpc) is 3.35. The molecule has 6 nitrogen and oxygen atoms in total. The second kappa shape index (κ2) is 12.1. The predicted molar refractivity (Wildman–Crippen MR) is 136 cm³/mol. The Morgan fingerprint density at radius 3 is 2.29 bits per heavy atom. The van der Waals surface area contributed by atoms with E-state index >= 15 is 0 Å². The highest BCUT2D eigenvalue weighted by molar-refractivity contribution is 5.93. The third-order valence-electron chi connectivity index (χ3n) is 6.20. The molecule has 0 unspecified atom stereocenters. The van der Waals surface area contributed by atoms with Crippen LogP contribution in [0.25, 0.3) is 0 Å². The van der Waals surface area contributed by atoms with Crippen LogP contribution in [-0.2, 0) is 17.8 Å². The maximum absolute atomic E-state index is 13.5. The molecule has 1 aromatic heterocycles. The summed E-state index contributed by atoms with van der Waals surface area (Å²) in [6, 6.07) is 19.3. The van der Waals surface area contributed by atoms with E-state index in [0.29, 0.717) is 13.1 Å². The van der Waals surface area contributed by atoms with Crippen LogP contribution in [0.5, 0.6) is 0 Å². The number of hydrogen-bond acceptors (Lipinski definition) is 3. The number of anilines is 1. The van der Waals surface area contributed by atoms with Crippen molar-refractivity contribution >= 4 is 17.6 Å². The van der Waals surface area contributed by atoms with Gasteiger partial charge in [0.2, 0.25) is 5.91 Å². The van der Waals surface area contributed by atoms with Gasteiger partial charge in [-0.1, -0.05) is 55.5 Å². The van der Waals surface area contributed by atoms with Crippen molar-refractivity contribution in [3.05, 3.63) is 89.4 Å². The maximum Gasteiger partial charge on any atom is 0.322 e. The van der Waals surface area contributed by atoms with Crippen molar-refractivity contribution < 1.29 is 14.0 Å². The van der Waals surface area contributed by atoms with E-state index in [4.69, 9.17) is 4.42 Å². The van der Waals surface area contributed by atoms with Crippen molar-refractivity contribution in [1.82, 2.24) is 9.80 Å². The fraction of sp³-hybridized carbons (Fsp3) is 0.357. The minimum Gasteiger partial charge on any atom is -0.467 e. The third kappa shape index (κ3) is 6.73. The van der Waals surface area contributed by atoms with Crippen molar-refractivity contribution in [1.29, 1.82) is 0 Å². The number of nitrogens with zero attached hydrogens (tertiary/aromatic N) is 2. The Morgan fingerprint density at radius 1 is 0.971 bits per heavy atom. The van der Waals surface area contributed by atoms with E-state index in [1.165, 1.54) is 0 Å². The lowest BCUT2D eigenvalue weighted by molar-refractivity contribution is -0.133.